The van der Waals surface area contributed by atoms with Crippen molar-refractivity contribution in [3.8, 4) is 0 Å². The van der Waals surface area contributed by atoms with Gasteiger partial charge in [-0.1, -0.05) is 0 Å². The van der Waals surface area contributed by atoms with E-state index in [9.17, 15) is 18.4 Å². The predicted molar refractivity (Wildman–Crippen MR) is 57.5 cm³/mol. The summed E-state index contributed by atoms with van der Waals surface area (Å²) in [5.41, 5.74) is 0.312. The Kier molecular flexibility index (Phi) is 3.27. The molecule has 0 bridgehead atoms. The Balaban J connectivity index is 2.10. The number of hydrogen-bond acceptors (Lipinski definition) is 2. The molecule has 2 rings (SSSR count). The second-order valence-corrected chi connectivity index (χ2v) is 4.29. The quantitative estimate of drug-likeness (QED) is 0.888. The fourth-order valence-electron chi connectivity index (χ4n) is 2.01. The van der Waals surface area contributed by atoms with Crippen molar-refractivity contribution in [3.05, 3.63) is 35.4 Å². The maximum absolute atomic E-state index is 13.0. The molecule has 1 fully saturated rings. The van der Waals surface area contributed by atoms with Gasteiger partial charge in [0.15, 0.2) is 0 Å². The standard InChI is InChI=1S/C12H11F2NO3/c13-9-1-7(2-10(14)4-9)5-15-6-8(12(17)18)3-11(15)16/h1-2,4,8H,3,5-6H2,(H,17,18). The molecule has 1 unspecified atom stereocenters. The van der Waals surface area contributed by atoms with E-state index in [4.69, 9.17) is 5.11 Å². The number of rotatable bonds is 3. The third kappa shape index (κ3) is 2.64. The lowest BCUT2D eigenvalue weighted by Gasteiger charge is -2.16. The van der Waals surface area contributed by atoms with Crippen LogP contribution in [0.1, 0.15) is 12.0 Å². The van der Waals surface area contributed by atoms with Crippen LogP contribution in [0.25, 0.3) is 0 Å². The molecule has 1 saturated heterocycles. The summed E-state index contributed by atoms with van der Waals surface area (Å²) in [5.74, 6) is -3.52. The molecule has 0 aliphatic carbocycles. The molecule has 0 saturated carbocycles. The number of halogens is 2. The van der Waals surface area contributed by atoms with Crippen molar-refractivity contribution in [2.45, 2.75) is 13.0 Å². The van der Waals surface area contributed by atoms with E-state index in [0.717, 1.165) is 18.2 Å². The molecule has 1 aromatic rings. The zero-order valence-corrected chi connectivity index (χ0v) is 9.40. The van der Waals surface area contributed by atoms with Crippen molar-refractivity contribution in [3.63, 3.8) is 0 Å². The van der Waals surface area contributed by atoms with Gasteiger partial charge in [-0.05, 0) is 17.7 Å². The number of hydrogen-bond donors (Lipinski definition) is 1. The highest BCUT2D eigenvalue weighted by atomic mass is 19.1. The van der Waals surface area contributed by atoms with Gasteiger partial charge in [-0.3, -0.25) is 9.59 Å². The molecular formula is C12H11F2NO3. The van der Waals surface area contributed by atoms with Crippen LogP contribution >= 0.6 is 0 Å². The molecule has 1 heterocycles. The molecule has 1 aromatic carbocycles. The molecule has 0 radical (unpaired) electrons. The van der Waals surface area contributed by atoms with Crippen LogP contribution in [0, 0.1) is 17.6 Å². The van der Waals surface area contributed by atoms with Crippen LogP contribution in [0.5, 0.6) is 0 Å². The highest BCUT2D eigenvalue weighted by molar-refractivity contribution is 5.86. The average molecular weight is 255 g/mol. The van der Waals surface area contributed by atoms with E-state index in [-0.39, 0.29) is 25.4 Å². The number of likely N-dealkylation sites (tertiary alicyclic amines) is 1. The molecule has 0 aromatic heterocycles. The van der Waals surface area contributed by atoms with Gasteiger partial charge >= 0.3 is 5.97 Å². The number of nitrogens with zero attached hydrogens (tertiary/aromatic N) is 1. The van der Waals surface area contributed by atoms with Gasteiger partial charge in [0.1, 0.15) is 11.6 Å². The lowest BCUT2D eigenvalue weighted by molar-refractivity contribution is -0.141. The van der Waals surface area contributed by atoms with E-state index in [1.54, 1.807) is 0 Å². The maximum Gasteiger partial charge on any atom is 0.308 e. The molecule has 6 heteroatoms. The molecule has 1 amide bonds. The number of carbonyl (C=O) groups excluding carboxylic acids is 1. The topological polar surface area (TPSA) is 57.6 Å². The molecule has 1 N–H and O–H groups in total. The second-order valence-electron chi connectivity index (χ2n) is 4.29. The minimum atomic E-state index is -1.03. The van der Waals surface area contributed by atoms with Gasteiger partial charge in [-0.2, -0.15) is 0 Å². The SMILES string of the molecule is O=C(O)C1CC(=O)N(Cc2cc(F)cc(F)c2)C1. The van der Waals surface area contributed by atoms with Crippen LogP contribution in [0.3, 0.4) is 0 Å². The summed E-state index contributed by atoms with van der Waals surface area (Å²) in [6.07, 6.45) is -0.0624. The first-order chi connectivity index (χ1) is 8.45. The number of benzene rings is 1. The smallest absolute Gasteiger partial charge is 0.308 e. The fraction of sp³-hybridized carbons (Fsp3) is 0.333. The number of carboxylic acid groups (broad SMARTS) is 1. The number of aliphatic carboxylic acids is 1. The van der Waals surface area contributed by atoms with Crippen molar-refractivity contribution in [2.75, 3.05) is 6.54 Å². The third-order valence-electron chi connectivity index (χ3n) is 2.86. The maximum atomic E-state index is 13.0. The summed E-state index contributed by atoms with van der Waals surface area (Å²) in [7, 11) is 0. The normalized spacial score (nSPS) is 19.3. The summed E-state index contributed by atoms with van der Waals surface area (Å²) in [4.78, 5) is 23.6. The second kappa shape index (κ2) is 4.72. The van der Waals surface area contributed by atoms with Crippen molar-refractivity contribution in [1.82, 2.24) is 4.90 Å². The molecule has 18 heavy (non-hydrogen) atoms. The summed E-state index contributed by atoms with van der Waals surface area (Å²) < 4.78 is 25.9. The number of carbonyl (C=O) groups is 2. The first-order valence-electron chi connectivity index (χ1n) is 5.41. The summed E-state index contributed by atoms with van der Waals surface area (Å²) >= 11 is 0. The largest absolute Gasteiger partial charge is 0.481 e. The van der Waals surface area contributed by atoms with E-state index in [2.05, 4.69) is 0 Å². The Morgan fingerprint density at radius 1 is 1.33 bits per heavy atom. The Bertz CT molecular complexity index is 484. The van der Waals surface area contributed by atoms with Gasteiger partial charge in [0.2, 0.25) is 5.91 Å². The first kappa shape index (κ1) is 12.5. The van der Waals surface area contributed by atoms with E-state index in [1.165, 1.54) is 4.90 Å². The van der Waals surface area contributed by atoms with Crippen molar-refractivity contribution >= 4 is 11.9 Å². The van der Waals surface area contributed by atoms with E-state index in [0.29, 0.717) is 5.56 Å². The minimum Gasteiger partial charge on any atom is -0.481 e. The van der Waals surface area contributed by atoms with E-state index >= 15 is 0 Å². The summed E-state index contributed by atoms with van der Waals surface area (Å²) in [6, 6.07) is 3.00. The van der Waals surface area contributed by atoms with Crippen LogP contribution in [0.4, 0.5) is 8.78 Å². The zero-order valence-electron chi connectivity index (χ0n) is 9.40. The highest BCUT2D eigenvalue weighted by Crippen LogP contribution is 2.21. The van der Waals surface area contributed by atoms with Gasteiger partial charge in [-0.25, -0.2) is 8.78 Å². The Morgan fingerprint density at radius 2 is 1.94 bits per heavy atom. The van der Waals surface area contributed by atoms with Crippen LogP contribution < -0.4 is 0 Å². The van der Waals surface area contributed by atoms with Crippen LogP contribution in [-0.2, 0) is 16.1 Å². The Hall–Kier alpha value is -1.98. The van der Waals surface area contributed by atoms with Gasteiger partial charge in [0.05, 0.1) is 5.92 Å². The lowest BCUT2D eigenvalue weighted by atomic mass is 10.1. The predicted octanol–water partition coefficient (Wildman–Crippen LogP) is 1.40. The number of carboxylic acids is 1. The Morgan fingerprint density at radius 3 is 2.44 bits per heavy atom. The van der Waals surface area contributed by atoms with Crippen LogP contribution in [0.15, 0.2) is 18.2 Å². The molecule has 1 aliphatic heterocycles. The summed E-state index contributed by atoms with van der Waals surface area (Å²) in [6.45, 7) is 0.101. The third-order valence-corrected chi connectivity index (χ3v) is 2.86. The van der Waals surface area contributed by atoms with E-state index in [1.807, 2.05) is 0 Å². The molecule has 4 nitrogen and oxygen atoms in total. The molecule has 1 atom stereocenters. The molecular weight excluding hydrogens is 244 g/mol. The molecule has 1 aliphatic rings. The van der Waals surface area contributed by atoms with Crippen LogP contribution in [0.2, 0.25) is 0 Å². The van der Waals surface area contributed by atoms with E-state index < -0.39 is 23.5 Å². The number of amides is 1. The van der Waals surface area contributed by atoms with Gasteiger partial charge in [-0.15, -0.1) is 0 Å². The Labute approximate surface area is 102 Å². The highest BCUT2D eigenvalue weighted by Gasteiger charge is 2.34. The van der Waals surface area contributed by atoms with Gasteiger partial charge in [0, 0.05) is 25.6 Å². The molecule has 0 spiro atoms. The first-order valence-corrected chi connectivity index (χ1v) is 5.41. The van der Waals surface area contributed by atoms with Crippen molar-refractivity contribution < 1.29 is 23.5 Å². The van der Waals surface area contributed by atoms with Crippen LogP contribution in [-0.4, -0.2) is 28.4 Å². The van der Waals surface area contributed by atoms with Gasteiger partial charge in [0.25, 0.3) is 0 Å². The minimum absolute atomic E-state index is 0.0251. The van der Waals surface area contributed by atoms with Crippen molar-refractivity contribution in [2.24, 2.45) is 5.92 Å². The fourth-order valence-corrected chi connectivity index (χ4v) is 2.01. The monoisotopic (exact) mass is 255 g/mol. The average Bonchev–Trinajstić information content (AvgIpc) is 2.59. The zero-order chi connectivity index (χ0) is 13.3. The van der Waals surface area contributed by atoms with Crippen molar-refractivity contribution in [1.29, 1.82) is 0 Å². The molecule has 96 valence electrons. The lowest BCUT2D eigenvalue weighted by Crippen LogP contribution is -2.25. The summed E-state index contributed by atoms with van der Waals surface area (Å²) in [5, 5.41) is 8.80. The van der Waals surface area contributed by atoms with Gasteiger partial charge < -0.3 is 10.0 Å².